The number of methoxy groups -OCH3 is 1. The number of halogens is 1. The summed E-state index contributed by atoms with van der Waals surface area (Å²) in [6.45, 7) is 2.65. The highest BCUT2D eigenvalue weighted by Crippen LogP contribution is 2.28. The van der Waals surface area contributed by atoms with Gasteiger partial charge in [0.1, 0.15) is 12.4 Å². The molecule has 4 heteroatoms. The molecule has 0 aliphatic carbocycles. The molecule has 1 aromatic rings. The highest BCUT2D eigenvalue weighted by atomic mass is 35.5. The number of aliphatic hydroxyl groups excluding tert-OH is 1. The van der Waals surface area contributed by atoms with Gasteiger partial charge in [0.25, 0.3) is 0 Å². The average Bonchev–Trinajstić information content (AvgIpc) is 2.20. The summed E-state index contributed by atoms with van der Waals surface area (Å²) >= 11 is 5.83. The van der Waals surface area contributed by atoms with Crippen molar-refractivity contribution in [2.45, 2.75) is 13.0 Å². The minimum atomic E-state index is -0.596. The van der Waals surface area contributed by atoms with Crippen LogP contribution in [0.1, 0.15) is 18.6 Å². The van der Waals surface area contributed by atoms with Crippen LogP contribution >= 0.6 is 11.6 Å². The van der Waals surface area contributed by atoms with Gasteiger partial charge in [-0.05, 0) is 25.1 Å². The van der Waals surface area contributed by atoms with Gasteiger partial charge in [-0.1, -0.05) is 11.6 Å². The summed E-state index contributed by atoms with van der Waals surface area (Å²) in [4.78, 5) is 0. The summed E-state index contributed by atoms with van der Waals surface area (Å²) in [7, 11) is 1.61. The third-order valence-corrected chi connectivity index (χ3v) is 2.20. The summed E-state index contributed by atoms with van der Waals surface area (Å²) in [5.41, 5.74) is 0.693. The van der Waals surface area contributed by atoms with E-state index >= 15 is 0 Å². The zero-order valence-corrected chi connectivity index (χ0v) is 9.62. The quantitative estimate of drug-likeness (QED) is 0.790. The summed E-state index contributed by atoms with van der Waals surface area (Å²) < 4.78 is 10.3. The molecule has 0 aliphatic rings. The van der Waals surface area contributed by atoms with Gasteiger partial charge in [0, 0.05) is 17.7 Å². The average molecular weight is 231 g/mol. The fourth-order valence-corrected chi connectivity index (χ4v) is 1.39. The second kappa shape index (κ2) is 5.95. The normalized spacial score (nSPS) is 12.5. The molecule has 0 aromatic heterocycles. The first-order valence-electron chi connectivity index (χ1n) is 4.74. The van der Waals surface area contributed by atoms with Gasteiger partial charge >= 0.3 is 0 Å². The third kappa shape index (κ3) is 3.70. The van der Waals surface area contributed by atoms with Crippen molar-refractivity contribution >= 4 is 11.6 Å². The lowest BCUT2D eigenvalue weighted by molar-refractivity contribution is 0.141. The maximum atomic E-state index is 9.52. The monoisotopic (exact) mass is 230 g/mol. The lowest BCUT2D eigenvalue weighted by Crippen LogP contribution is -2.06. The fraction of sp³-hybridized carbons (Fsp3) is 0.455. The van der Waals surface area contributed by atoms with Crippen LogP contribution in [0.15, 0.2) is 18.2 Å². The van der Waals surface area contributed by atoms with Crippen molar-refractivity contribution in [3.8, 4) is 5.75 Å². The van der Waals surface area contributed by atoms with Gasteiger partial charge in [-0.3, -0.25) is 0 Å². The van der Waals surface area contributed by atoms with E-state index in [2.05, 4.69) is 0 Å². The molecule has 0 spiro atoms. The molecular weight excluding hydrogens is 216 g/mol. The predicted octanol–water partition coefficient (Wildman–Crippen LogP) is 2.42. The lowest BCUT2D eigenvalue weighted by Gasteiger charge is -2.13. The van der Waals surface area contributed by atoms with E-state index in [1.54, 1.807) is 32.2 Å². The van der Waals surface area contributed by atoms with Gasteiger partial charge < -0.3 is 14.6 Å². The Hall–Kier alpha value is -0.770. The van der Waals surface area contributed by atoms with E-state index in [-0.39, 0.29) is 0 Å². The van der Waals surface area contributed by atoms with Gasteiger partial charge in [-0.2, -0.15) is 0 Å². The number of hydrogen-bond acceptors (Lipinski definition) is 3. The summed E-state index contributed by atoms with van der Waals surface area (Å²) in [5, 5.41) is 10.1. The van der Waals surface area contributed by atoms with Crippen molar-refractivity contribution < 1.29 is 14.6 Å². The number of aliphatic hydroxyl groups is 1. The first-order chi connectivity index (χ1) is 7.15. The van der Waals surface area contributed by atoms with Crippen LogP contribution in [-0.2, 0) is 4.74 Å². The van der Waals surface area contributed by atoms with Crippen LogP contribution in [0.2, 0.25) is 5.02 Å². The van der Waals surface area contributed by atoms with Crippen molar-refractivity contribution in [2.24, 2.45) is 0 Å². The third-order valence-electron chi connectivity index (χ3n) is 1.97. The molecular formula is C11H15ClO3. The molecule has 0 saturated carbocycles. The van der Waals surface area contributed by atoms with Crippen LogP contribution in [0.5, 0.6) is 5.75 Å². The predicted molar refractivity (Wildman–Crippen MR) is 59.5 cm³/mol. The Bertz CT molecular complexity index is 313. The summed E-state index contributed by atoms with van der Waals surface area (Å²) in [6.07, 6.45) is -0.596. The molecule has 1 N–H and O–H groups in total. The van der Waals surface area contributed by atoms with E-state index in [0.29, 0.717) is 29.5 Å². The molecule has 1 rings (SSSR count). The Morgan fingerprint density at radius 3 is 2.73 bits per heavy atom. The minimum Gasteiger partial charge on any atom is -0.491 e. The van der Waals surface area contributed by atoms with E-state index in [4.69, 9.17) is 21.1 Å². The van der Waals surface area contributed by atoms with Crippen LogP contribution < -0.4 is 4.74 Å². The van der Waals surface area contributed by atoms with Gasteiger partial charge in [-0.15, -0.1) is 0 Å². The van der Waals surface area contributed by atoms with Crippen LogP contribution in [0.3, 0.4) is 0 Å². The molecule has 1 aromatic carbocycles. The molecule has 3 nitrogen and oxygen atoms in total. The Morgan fingerprint density at radius 1 is 1.40 bits per heavy atom. The largest absolute Gasteiger partial charge is 0.491 e. The second-order valence-corrected chi connectivity index (χ2v) is 3.64. The van der Waals surface area contributed by atoms with Crippen molar-refractivity contribution in [3.63, 3.8) is 0 Å². The molecule has 1 atom stereocenters. The molecule has 0 bridgehead atoms. The number of rotatable bonds is 5. The molecule has 0 heterocycles. The first kappa shape index (κ1) is 12.3. The van der Waals surface area contributed by atoms with E-state index in [1.807, 2.05) is 0 Å². The molecule has 0 amide bonds. The standard InChI is InChI=1S/C11H15ClO3/c1-8(13)10-7-9(12)3-4-11(10)15-6-5-14-2/h3-4,7-8,13H,5-6H2,1-2H3/t8-/m0/s1. The van der Waals surface area contributed by atoms with Crippen molar-refractivity contribution in [1.29, 1.82) is 0 Å². The first-order valence-corrected chi connectivity index (χ1v) is 5.12. The van der Waals surface area contributed by atoms with Gasteiger partial charge in [0.15, 0.2) is 0 Å². The SMILES string of the molecule is COCCOc1ccc(Cl)cc1[C@H](C)O. The zero-order chi connectivity index (χ0) is 11.3. The molecule has 0 unspecified atom stereocenters. The summed E-state index contributed by atoms with van der Waals surface area (Å²) in [5.74, 6) is 0.645. The van der Waals surface area contributed by atoms with E-state index in [1.165, 1.54) is 0 Å². The van der Waals surface area contributed by atoms with Gasteiger partial charge in [0.05, 0.1) is 12.7 Å². The van der Waals surface area contributed by atoms with E-state index < -0.39 is 6.10 Å². The lowest BCUT2D eigenvalue weighted by atomic mass is 10.1. The molecule has 0 fully saturated rings. The van der Waals surface area contributed by atoms with Gasteiger partial charge in [0.2, 0.25) is 0 Å². The number of ether oxygens (including phenoxy) is 2. The minimum absolute atomic E-state index is 0.456. The highest BCUT2D eigenvalue weighted by molar-refractivity contribution is 6.30. The van der Waals surface area contributed by atoms with Crippen LogP contribution in [0.4, 0.5) is 0 Å². The second-order valence-electron chi connectivity index (χ2n) is 3.20. The van der Waals surface area contributed by atoms with E-state index in [0.717, 1.165) is 0 Å². The van der Waals surface area contributed by atoms with Crippen LogP contribution in [-0.4, -0.2) is 25.4 Å². The Balaban J connectivity index is 2.77. The highest BCUT2D eigenvalue weighted by Gasteiger charge is 2.09. The Labute approximate surface area is 94.6 Å². The smallest absolute Gasteiger partial charge is 0.125 e. The zero-order valence-electron chi connectivity index (χ0n) is 8.87. The topological polar surface area (TPSA) is 38.7 Å². The number of benzene rings is 1. The fourth-order valence-electron chi connectivity index (χ4n) is 1.21. The molecule has 15 heavy (non-hydrogen) atoms. The van der Waals surface area contributed by atoms with Crippen LogP contribution in [0, 0.1) is 0 Å². The summed E-state index contributed by atoms with van der Waals surface area (Å²) in [6, 6.07) is 5.18. The van der Waals surface area contributed by atoms with Crippen molar-refractivity contribution in [1.82, 2.24) is 0 Å². The maximum absolute atomic E-state index is 9.52. The van der Waals surface area contributed by atoms with Crippen molar-refractivity contribution in [3.05, 3.63) is 28.8 Å². The maximum Gasteiger partial charge on any atom is 0.125 e. The molecule has 0 saturated heterocycles. The number of hydrogen-bond donors (Lipinski definition) is 1. The van der Waals surface area contributed by atoms with E-state index in [9.17, 15) is 5.11 Å². The molecule has 0 radical (unpaired) electrons. The van der Waals surface area contributed by atoms with Crippen molar-refractivity contribution in [2.75, 3.05) is 20.3 Å². The van der Waals surface area contributed by atoms with Crippen LogP contribution in [0.25, 0.3) is 0 Å². The molecule has 84 valence electrons. The molecule has 0 aliphatic heterocycles. The Morgan fingerprint density at radius 2 is 2.13 bits per heavy atom. The van der Waals surface area contributed by atoms with Gasteiger partial charge in [-0.25, -0.2) is 0 Å². The Kier molecular flexibility index (Phi) is 4.88.